The topological polar surface area (TPSA) is 68.8 Å². The van der Waals surface area contributed by atoms with E-state index < -0.39 is 0 Å². The van der Waals surface area contributed by atoms with Crippen LogP contribution < -0.4 is 10.3 Å². The zero-order valence-electron chi connectivity index (χ0n) is 19.9. The summed E-state index contributed by atoms with van der Waals surface area (Å²) in [5.74, 6) is 1.30. The van der Waals surface area contributed by atoms with E-state index in [0.29, 0.717) is 45.4 Å². The van der Waals surface area contributed by atoms with Crippen molar-refractivity contribution >= 4 is 33.9 Å². The van der Waals surface area contributed by atoms with Gasteiger partial charge in [-0.15, -0.1) is 0 Å². The van der Waals surface area contributed by atoms with Crippen molar-refractivity contribution in [3.8, 4) is 22.8 Å². The first-order valence-electron chi connectivity index (χ1n) is 11.6. The summed E-state index contributed by atoms with van der Waals surface area (Å²) in [5.41, 5.74) is 4.07. The lowest BCUT2D eigenvalue weighted by molar-refractivity contribution is 0.340. The highest BCUT2D eigenvalue weighted by Crippen LogP contribution is 2.27. The van der Waals surface area contributed by atoms with Crippen LogP contribution in [0.1, 0.15) is 12.5 Å². The van der Waals surface area contributed by atoms with Crippen LogP contribution in [0.25, 0.3) is 28.0 Å². The molecule has 0 fully saturated rings. The van der Waals surface area contributed by atoms with Crippen molar-refractivity contribution < 1.29 is 4.74 Å². The standard InChI is InChI=1S/C29H23ClN4O2/c1-3-36-24-14-12-23(13-15-24)34-28(20-7-5-4-6-8-20)31-27-16-11-21(17-25(27)29(34)35)32-33-22-10-9-19(2)26(30)18-22/h4-18H,3H2,1-2H3. The third-order valence-electron chi connectivity index (χ3n) is 5.73. The molecule has 178 valence electrons. The first kappa shape index (κ1) is 23.5. The molecular weight excluding hydrogens is 472 g/mol. The van der Waals surface area contributed by atoms with Crippen molar-refractivity contribution in [2.24, 2.45) is 10.2 Å². The summed E-state index contributed by atoms with van der Waals surface area (Å²) in [7, 11) is 0. The van der Waals surface area contributed by atoms with Gasteiger partial charge in [0, 0.05) is 10.6 Å². The van der Waals surface area contributed by atoms with E-state index in [9.17, 15) is 4.79 Å². The molecule has 1 heterocycles. The number of azo groups is 1. The number of aromatic nitrogens is 2. The van der Waals surface area contributed by atoms with Crippen LogP contribution in [0.15, 0.2) is 106 Å². The summed E-state index contributed by atoms with van der Waals surface area (Å²) in [6, 6.07) is 27.9. The van der Waals surface area contributed by atoms with Crippen LogP contribution in [0.2, 0.25) is 5.02 Å². The SMILES string of the molecule is CCOc1ccc(-n2c(-c3ccccc3)nc3ccc(N=Nc4ccc(C)c(Cl)c4)cc3c2=O)cc1. The fourth-order valence-electron chi connectivity index (χ4n) is 3.87. The second-order valence-corrected chi connectivity index (χ2v) is 8.61. The Labute approximate surface area is 213 Å². The second-order valence-electron chi connectivity index (χ2n) is 8.20. The average molecular weight is 495 g/mol. The monoisotopic (exact) mass is 494 g/mol. The minimum atomic E-state index is -0.196. The van der Waals surface area contributed by atoms with Gasteiger partial charge in [-0.05, 0) is 74.0 Å². The quantitative estimate of drug-likeness (QED) is 0.226. The lowest BCUT2D eigenvalue weighted by atomic mass is 10.1. The molecule has 4 aromatic carbocycles. The van der Waals surface area contributed by atoms with Gasteiger partial charge in [-0.2, -0.15) is 10.2 Å². The number of hydrogen-bond acceptors (Lipinski definition) is 5. The van der Waals surface area contributed by atoms with Crippen molar-refractivity contribution in [1.82, 2.24) is 9.55 Å². The molecule has 7 heteroatoms. The van der Waals surface area contributed by atoms with E-state index in [0.717, 1.165) is 16.9 Å². The fraction of sp³-hybridized carbons (Fsp3) is 0.103. The zero-order chi connectivity index (χ0) is 25.1. The Bertz CT molecular complexity index is 1630. The summed E-state index contributed by atoms with van der Waals surface area (Å²) >= 11 is 6.20. The van der Waals surface area contributed by atoms with Crippen LogP contribution >= 0.6 is 11.6 Å². The number of nitrogens with zero attached hydrogens (tertiary/aromatic N) is 4. The minimum absolute atomic E-state index is 0.196. The van der Waals surface area contributed by atoms with Gasteiger partial charge in [-0.25, -0.2) is 4.98 Å². The third kappa shape index (κ3) is 4.76. The van der Waals surface area contributed by atoms with E-state index in [1.54, 1.807) is 28.8 Å². The number of halogens is 1. The molecule has 0 N–H and O–H groups in total. The van der Waals surface area contributed by atoms with E-state index in [4.69, 9.17) is 21.3 Å². The van der Waals surface area contributed by atoms with Gasteiger partial charge in [0.25, 0.3) is 5.56 Å². The second kappa shape index (κ2) is 10.1. The molecule has 0 saturated carbocycles. The number of benzene rings is 4. The number of fused-ring (bicyclic) bond motifs is 1. The van der Waals surface area contributed by atoms with Crippen LogP contribution in [-0.4, -0.2) is 16.2 Å². The number of ether oxygens (including phenoxy) is 1. The summed E-state index contributed by atoms with van der Waals surface area (Å²) in [4.78, 5) is 18.7. The van der Waals surface area contributed by atoms with Gasteiger partial charge >= 0.3 is 0 Å². The van der Waals surface area contributed by atoms with Gasteiger partial charge in [0.15, 0.2) is 0 Å². The molecule has 0 aliphatic rings. The van der Waals surface area contributed by atoms with Gasteiger partial charge in [0.05, 0.1) is 34.6 Å². The van der Waals surface area contributed by atoms with E-state index in [1.807, 2.05) is 80.6 Å². The van der Waals surface area contributed by atoms with Crippen molar-refractivity contribution in [3.05, 3.63) is 112 Å². The van der Waals surface area contributed by atoms with Crippen LogP contribution in [0, 0.1) is 6.92 Å². The predicted molar refractivity (Wildman–Crippen MR) is 144 cm³/mol. The molecule has 36 heavy (non-hydrogen) atoms. The summed E-state index contributed by atoms with van der Waals surface area (Å²) in [6.07, 6.45) is 0. The molecule has 0 saturated heterocycles. The zero-order valence-corrected chi connectivity index (χ0v) is 20.6. The first-order valence-corrected chi connectivity index (χ1v) is 11.9. The van der Waals surface area contributed by atoms with Crippen molar-refractivity contribution in [2.75, 3.05) is 6.61 Å². The maximum absolute atomic E-state index is 13.8. The summed E-state index contributed by atoms with van der Waals surface area (Å²) < 4.78 is 7.19. The first-order chi connectivity index (χ1) is 17.5. The normalized spacial score (nSPS) is 11.3. The van der Waals surface area contributed by atoms with E-state index >= 15 is 0 Å². The van der Waals surface area contributed by atoms with Crippen LogP contribution in [0.5, 0.6) is 5.75 Å². The molecule has 5 aromatic rings. The average Bonchev–Trinajstić information content (AvgIpc) is 2.91. The Morgan fingerprint density at radius 2 is 1.58 bits per heavy atom. The van der Waals surface area contributed by atoms with E-state index in [1.165, 1.54) is 0 Å². The van der Waals surface area contributed by atoms with Crippen LogP contribution in [0.3, 0.4) is 0 Å². The Kier molecular flexibility index (Phi) is 6.60. The Morgan fingerprint density at radius 1 is 0.889 bits per heavy atom. The van der Waals surface area contributed by atoms with Gasteiger partial charge < -0.3 is 4.74 Å². The molecule has 0 radical (unpaired) electrons. The molecule has 0 atom stereocenters. The number of hydrogen-bond donors (Lipinski definition) is 0. The Balaban J connectivity index is 1.64. The molecule has 5 rings (SSSR count). The molecule has 0 spiro atoms. The van der Waals surface area contributed by atoms with Crippen LogP contribution in [0.4, 0.5) is 11.4 Å². The Hall–Kier alpha value is -4.29. The van der Waals surface area contributed by atoms with Gasteiger partial charge in [0.2, 0.25) is 0 Å². The Morgan fingerprint density at radius 3 is 2.28 bits per heavy atom. The van der Waals surface area contributed by atoms with Crippen molar-refractivity contribution in [1.29, 1.82) is 0 Å². The summed E-state index contributed by atoms with van der Waals surface area (Å²) in [5, 5.41) is 9.68. The maximum atomic E-state index is 13.8. The van der Waals surface area contributed by atoms with E-state index in [2.05, 4.69) is 10.2 Å². The fourth-order valence-corrected chi connectivity index (χ4v) is 4.05. The maximum Gasteiger partial charge on any atom is 0.266 e. The van der Waals surface area contributed by atoms with E-state index in [-0.39, 0.29) is 5.56 Å². The molecule has 0 aliphatic carbocycles. The molecule has 1 aromatic heterocycles. The highest BCUT2D eigenvalue weighted by atomic mass is 35.5. The minimum Gasteiger partial charge on any atom is -0.494 e. The predicted octanol–water partition coefficient (Wildman–Crippen LogP) is 7.83. The van der Waals surface area contributed by atoms with Gasteiger partial charge in [0.1, 0.15) is 11.6 Å². The highest BCUT2D eigenvalue weighted by molar-refractivity contribution is 6.31. The molecule has 6 nitrogen and oxygen atoms in total. The lowest BCUT2D eigenvalue weighted by Crippen LogP contribution is -2.22. The van der Waals surface area contributed by atoms with Gasteiger partial charge in [-0.3, -0.25) is 9.36 Å². The van der Waals surface area contributed by atoms with Crippen molar-refractivity contribution in [2.45, 2.75) is 13.8 Å². The molecular formula is C29H23ClN4O2. The van der Waals surface area contributed by atoms with Crippen LogP contribution in [-0.2, 0) is 0 Å². The third-order valence-corrected chi connectivity index (χ3v) is 6.13. The molecule has 0 aliphatic heterocycles. The smallest absolute Gasteiger partial charge is 0.266 e. The molecule has 0 unspecified atom stereocenters. The largest absolute Gasteiger partial charge is 0.494 e. The number of rotatable bonds is 6. The number of aryl methyl sites for hydroxylation is 1. The molecule has 0 bridgehead atoms. The molecule has 0 amide bonds. The lowest BCUT2D eigenvalue weighted by Gasteiger charge is -2.14. The van der Waals surface area contributed by atoms with Crippen molar-refractivity contribution in [3.63, 3.8) is 0 Å². The van der Waals surface area contributed by atoms with Gasteiger partial charge in [-0.1, -0.05) is 48.0 Å². The summed E-state index contributed by atoms with van der Waals surface area (Å²) in [6.45, 7) is 4.43. The highest BCUT2D eigenvalue weighted by Gasteiger charge is 2.15.